The van der Waals surface area contributed by atoms with Gasteiger partial charge in [0.25, 0.3) is 0 Å². The first-order valence-electron chi connectivity index (χ1n) is 6.02. The summed E-state index contributed by atoms with van der Waals surface area (Å²) in [6, 6.07) is 8.41. The quantitative estimate of drug-likeness (QED) is 0.726. The minimum Gasteiger partial charge on any atom is -0.348 e. The Labute approximate surface area is 112 Å². The van der Waals surface area contributed by atoms with Crippen LogP contribution in [0.4, 0.5) is 0 Å². The number of aromatic nitrogens is 3. The molecule has 19 heavy (non-hydrogen) atoms. The summed E-state index contributed by atoms with van der Waals surface area (Å²) in [4.78, 5) is 16.0. The van der Waals surface area contributed by atoms with E-state index in [2.05, 4.69) is 58.8 Å². The van der Waals surface area contributed by atoms with E-state index in [1.54, 1.807) is 0 Å². The summed E-state index contributed by atoms with van der Waals surface area (Å²) in [6.07, 6.45) is 2.10. The molecular formula is C15H17N3O. The van der Waals surface area contributed by atoms with Gasteiger partial charge in [0.1, 0.15) is 6.79 Å². The van der Waals surface area contributed by atoms with Crippen LogP contribution in [0.1, 0.15) is 11.1 Å². The minimum absolute atomic E-state index is 0.932. The van der Waals surface area contributed by atoms with Gasteiger partial charge >= 0.3 is 0 Å². The molecule has 0 bridgehead atoms. The molecule has 98 valence electrons. The minimum atomic E-state index is 0.932. The predicted octanol–water partition coefficient (Wildman–Crippen LogP) is 3.00. The molecule has 0 aliphatic rings. The Balaban J connectivity index is 0.000000637. The lowest BCUT2D eigenvalue weighted by atomic mass is 10.2. The third kappa shape index (κ3) is 2.42. The summed E-state index contributed by atoms with van der Waals surface area (Å²) in [5.41, 5.74) is 5.73. The Morgan fingerprint density at radius 2 is 1.89 bits per heavy atom. The topological polar surface area (TPSA) is 50.7 Å². The van der Waals surface area contributed by atoms with Crippen molar-refractivity contribution in [3.05, 3.63) is 41.6 Å². The second kappa shape index (κ2) is 5.10. The Kier molecular flexibility index (Phi) is 3.51. The van der Waals surface area contributed by atoms with Gasteiger partial charge in [-0.15, -0.1) is 0 Å². The van der Waals surface area contributed by atoms with Gasteiger partial charge in [0, 0.05) is 13.2 Å². The van der Waals surface area contributed by atoms with Crippen LogP contribution in [0.5, 0.6) is 0 Å². The van der Waals surface area contributed by atoms with Gasteiger partial charge < -0.3 is 14.3 Å². The summed E-state index contributed by atoms with van der Waals surface area (Å²) in [7, 11) is 2.04. The molecule has 0 aliphatic heterocycles. The lowest BCUT2D eigenvalue weighted by Crippen LogP contribution is -1.90. The number of aryl methyl sites for hydroxylation is 3. The first-order chi connectivity index (χ1) is 9.13. The smallest absolute Gasteiger partial charge is 0.155 e. The van der Waals surface area contributed by atoms with Crippen LogP contribution in [0.3, 0.4) is 0 Å². The third-order valence-corrected chi connectivity index (χ3v) is 3.02. The van der Waals surface area contributed by atoms with Gasteiger partial charge in [-0.05, 0) is 43.2 Å². The summed E-state index contributed by atoms with van der Waals surface area (Å²) < 4.78 is 2.10. The van der Waals surface area contributed by atoms with E-state index in [9.17, 15) is 0 Å². The number of hydrogen-bond acceptors (Lipinski definition) is 2. The van der Waals surface area contributed by atoms with Crippen LogP contribution < -0.4 is 0 Å². The molecule has 0 fully saturated rings. The van der Waals surface area contributed by atoms with E-state index in [4.69, 9.17) is 4.79 Å². The monoisotopic (exact) mass is 255 g/mol. The van der Waals surface area contributed by atoms with Crippen molar-refractivity contribution in [3.8, 4) is 11.5 Å². The molecule has 0 unspecified atom stereocenters. The molecule has 4 heteroatoms. The molecule has 0 amide bonds. The van der Waals surface area contributed by atoms with Crippen LogP contribution in [-0.4, -0.2) is 21.3 Å². The van der Waals surface area contributed by atoms with Crippen LogP contribution in [0, 0.1) is 13.8 Å². The summed E-state index contributed by atoms with van der Waals surface area (Å²) >= 11 is 0. The molecular weight excluding hydrogens is 238 g/mol. The molecule has 0 aliphatic carbocycles. The normalized spacial score (nSPS) is 10.3. The Hall–Kier alpha value is -2.36. The van der Waals surface area contributed by atoms with Gasteiger partial charge in [-0.2, -0.15) is 0 Å². The molecule has 0 radical (unpaired) electrons. The maximum Gasteiger partial charge on any atom is 0.155 e. The number of carbonyl (C=O) groups is 1. The fraction of sp³-hybridized carbons (Fsp3) is 0.200. The number of carbonyl (C=O) groups excluding carboxylic acids is 1. The zero-order valence-electron chi connectivity index (χ0n) is 11.4. The average molecular weight is 255 g/mol. The molecule has 1 aromatic carbocycles. The van der Waals surface area contributed by atoms with E-state index >= 15 is 0 Å². The molecule has 0 saturated heterocycles. The van der Waals surface area contributed by atoms with Crippen molar-refractivity contribution in [2.45, 2.75) is 13.8 Å². The highest BCUT2D eigenvalue weighted by Gasteiger charge is 2.08. The first kappa shape index (κ1) is 13.1. The Morgan fingerprint density at radius 1 is 1.16 bits per heavy atom. The molecule has 0 spiro atoms. The summed E-state index contributed by atoms with van der Waals surface area (Å²) in [5.74, 6) is 0.932. The van der Waals surface area contributed by atoms with Crippen LogP contribution in [0.15, 0.2) is 30.5 Å². The SMILES string of the molecule is C=O.Cc1ccc2nc(-c3cc(C)cn3C)[nH]c2c1. The fourth-order valence-electron chi connectivity index (χ4n) is 2.21. The van der Waals surface area contributed by atoms with Crippen LogP contribution >= 0.6 is 0 Å². The van der Waals surface area contributed by atoms with E-state index in [0.717, 1.165) is 22.6 Å². The standard InChI is InChI=1S/C14H15N3.CH2O/c1-9-4-5-11-12(6-9)16-14(15-11)13-7-10(2)8-17(13)3;1-2/h4-8H,1-3H3,(H,15,16);1H2. The zero-order valence-corrected chi connectivity index (χ0v) is 11.4. The lowest BCUT2D eigenvalue weighted by molar-refractivity contribution is -0.0979. The van der Waals surface area contributed by atoms with Crippen molar-refractivity contribution in [1.29, 1.82) is 0 Å². The maximum absolute atomic E-state index is 8.00. The number of benzene rings is 1. The molecule has 3 rings (SSSR count). The van der Waals surface area contributed by atoms with E-state index in [1.165, 1.54) is 11.1 Å². The number of aromatic amines is 1. The highest BCUT2D eigenvalue weighted by molar-refractivity contribution is 5.79. The van der Waals surface area contributed by atoms with Crippen molar-refractivity contribution in [1.82, 2.24) is 14.5 Å². The van der Waals surface area contributed by atoms with Gasteiger partial charge in [0.15, 0.2) is 5.82 Å². The second-order valence-electron chi connectivity index (χ2n) is 4.62. The molecule has 2 aromatic heterocycles. The number of imidazole rings is 1. The van der Waals surface area contributed by atoms with Gasteiger partial charge in [-0.1, -0.05) is 6.07 Å². The van der Waals surface area contributed by atoms with Crippen molar-refractivity contribution in [3.63, 3.8) is 0 Å². The van der Waals surface area contributed by atoms with Gasteiger partial charge in [-0.3, -0.25) is 0 Å². The molecule has 0 saturated carbocycles. The van der Waals surface area contributed by atoms with Crippen LogP contribution in [0.2, 0.25) is 0 Å². The fourth-order valence-corrected chi connectivity index (χ4v) is 2.21. The van der Waals surface area contributed by atoms with E-state index < -0.39 is 0 Å². The second-order valence-corrected chi connectivity index (χ2v) is 4.62. The number of nitrogens with one attached hydrogen (secondary N) is 1. The number of fused-ring (bicyclic) bond motifs is 1. The van der Waals surface area contributed by atoms with Crippen LogP contribution in [0.25, 0.3) is 22.6 Å². The number of hydrogen-bond donors (Lipinski definition) is 1. The Bertz CT molecular complexity index is 709. The molecule has 0 atom stereocenters. The average Bonchev–Trinajstić information content (AvgIpc) is 2.94. The van der Waals surface area contributed by atoms with Crippen molar-refractivity contribution >= 4 is 17.8 Å². The highest BCUT2D eigenvalue weighted by atomic mass is 16.1. The summed E-state index contributed by atoms with van der Waals surface area (Å²) in [6.45, 7) is 6.18. The van der Waals surface area contributed by atoms with Gasteiger partial charge in [-0.25, -0.2) is 4.98 Å². The molecule has 3 aromatic rings. The first-order valence-corrected chi connectivity index (χ1v) is 6.02. The molecule has 1 N–H and O–H groups in total. The van der Waals surface area contributed by atoms with Crippen molar-refractivity contribution in [2.24, 2.45) is 7.05 Å². The van der Waals surface area contributed by atoms with Gasteiger partial charge in [0.2, 0.25) is 0 Å². The number of nitrogens with zero attached hydrogens (tertiary/aromatic N) is 2. The number of H-pyrrole nitrogens is 1. The van der Waals surface area contributed by atoms with Crippen LogP contribution in [-0.2, 0) is 11.8 Å². The molecule has 2 heterocycles. The largest absolute Gasteiger partial charge is 0.348 e. The van der Waals surface area contributed by atoms with Crippen molar-refractivity contribution < 1.29 is 4.79 Å². The van der Waals surface area contributed by atoms with E-state index in [1.807, 2.05) is 13.8 Å². The summed E-state index contributed by atoms with van der Waals surface area (Å²) in [5, 5.41) is 0. The Morgan fingerprint density at radius 3 is 2.53 bits per heavy atom. The van der Waals surface area contributed by atoms with Crippen molar-refractivity contribution in [2.75, 3.05) is 0 Å². The predicted molar refractivity (Wildman–Crippen MR) is 77.1 cm³/mol. The highest BCUT2D eigenvalue weighted by Crippen LogP contribution is 2.22. The van der Waals surface area contributed by atoms with E-state index in [0.29, 0.717) is 0 Å². The van der Waals surface area contributed by atoms with Gasteiger partial charge in [0.05, 0.1) is 16.7 Å². The molecule has 4 nitrogen and oxygen atoms in total. The number of rotatable bonds is 1. The maximum atomic E-state index is 8.00. The third-order valence-electron chi connectivity index (χ3n) is 3.02. The zero-order chi connectivity index (χ0) is 14.0. The van der Waals surface area contributed by atoms with E-state index in [-0.39, 0.29) is 0 Å². The lowest BCUT2D eigenvalue weighted by Gasteiger charge is -1.97.